The minimum atomic E-state index is -3.58. The Balaban J connectivity index is 1.98. The van der Waals surface area contributed by atoms with Crippen LogP contribution in [-0.4, -0.2) is 26.6 Å². The molecule has 1 N–H and O–H groups in total. The van der Waals surface area contributed by atoms with E-state index in [1.165, 1.54) is 16.7 Å². The van der Waals surface area contributed by atoms with Gasteiger partial charge < -0.3 is 0 Å². The molecule has 0 saturated carbocycles. The molecule has 3 nitrogen and oxygen atoms in total. The van der Waals surface area contributed by atoms with Gasteiger partial charge in [-0.3, -0.25) is 0 Å². The summed E-state index contributed by atoms with van der Waals surface area (Å²) in [6.07, 6.45) is 0.914. The number of aryl methyl sites for hydroxylation is 3. The van der Waals surface area contributed by atoms with Crippen LogP contribution in [0.1, 0.15) is 30.0 Å². The van der Waals surface area contributed by atoms with E-state index in [0.29, 0.717) is 6.61 Å². The Hall–Kier alpha value is -2.43. The van der Waals surface area contributed by atoms with Crippen LogP contribution in [0.5, 0.6) is 11.5 Å². The third kappa shape index (κ3) is 5.94. The summed E-state index contributed by atoms with van der Waals surface area (Å²) < 4.78 is 12.7. The van der Waals surface area contributed by atoms with Gasteiger partial charge in [-0.05, 0) is 0 Å². The predicted molar refractivity (Wildman–Crippen MR) is 180 cm³/mol. The zero-order chi connectivity index (χ0) is 29.0. The quantitative estimate of drug-likeness (QED) is 0.104. The van der Waals surface area contributed by atoms with Crippen molar-refractivity contribution in [1.29, 1.82) is 0 Å². The molecular weight excluding hydrogens is 595 g/mol. The molecule has 0 fully saturated rings. The fourth-order valence-corrected chi connectivity index (χ4v) is 15.1. The summed E-state index contributed by atoms with van der Waals surface area (Å²) in [5, 5.41) is 11.8. The molecule has 0 unspecified atom stereocenters. The summed E-state index contributed by atoms with van der Waals surface area (Å²) in [6.45, 7) is 14.3. The van der Waals surface area contributed by atoms with E-state index in [-0.39, 0.29) is 5.75 Å². The molecule has 0 aliphatic heterocycles. The van der Waals surface area contributed by atoms with Crippen molar-refractivity contribution in [3.8, 4) is 11.5 Å². The van der Waals surface area contributed by atoms with E-state index in [9.17, 15) is 5.11 Å². The molecule has 0 aliphatic rings. The van der Waals surface area contributed by atoms with Gasteiger partial charge in [0.2, 0.25) is 0 Å². The van der Waals surface area contributed by atoms with E-state index in [1.807, 2.05) is 12.1 Å². The van der Waals surface area contributed by atoms with Gasteiger partial charge in [0.1, 0.15) is 0 Å². The van der Waals surface area contributed by atoms with Crippen LogP contribution < -0.4 is 26.0 Å². The van der Waals surface area contributed by atoms with Crippen LogP contribution in [-0.2, 0) is 4.43 Å². The second-order valence-electron chi connectivity index (χ2n) is 11.3. The Kier molecular flexibility index (Phi) is 9.31. The average Bonchev–Trinajstić information content (AvgIpc) is 2.92. The standard InChI is InChI=1S/C34H42BrO3PSi/c1-7-38-40(5,6)24-8-23-37-33-22-15-29(36)25-34(33)39(35,30-16-9-26(2)10-17-30,31-18-11-27(3)12-19-31)32-20-13-28(4)14-21-32/h9-22,25,36H,7-8,23-24H2,1-6H3. The van der Waals surface area contributed by atoms with Crippen molar-refractivity contribution in [2.75, 3.05) is 13.2 Å². The molecule has 4 rings (SSSR count). The molecule has 4 aromatic rings. The first-order valence-corrected chi connectivity index (χ1v) is 21.4. The Morgan fingerprint density at radius 1 is 0.725 bits per heavy atom. The van der Waals surface area contributed by atoms with Crippen LogP contribution in [0, 0.1) is 20.8 Å². The van der Waals surface area contributed by atoms with Gasteiger partial charge in [-0.25, -0.2) is 0 Å². The SMILES string of the molecule is CCO[Si](C)(C)CCCOc1ccc(O)cc1P(Br)(c1ccc(C)cc1)(c1ccc(C)cc1)c1ccc(C)cc1. The third-order valence-electron chi connectivity index (χ3n) is 7.67. The zero-order valence-electron chi connectivity index (χ0n) is 24.6. The van der Waals surface area contributed by atoms with Crippen LogP contribution in [0.25, 0.3) is 0 Å². The van der Waals surface area contributed by atoms with Crippen LogP contribution in [0.3, 0.4) is 0 Å². The molecule has 40 heavy (non-hydrogen) atoms. The fourth-order valence-electron chi connectivity index (χ4n) is 5.44. The van der Waals surface area contributed by atoms with E-state index in [1.54, 1.807) is 6.07 Å². The first-order valence-electron chi connectivity index (χ1n) is 14.0. The molecule has 0 saturated heterocycles. The molecule has 212 valence electrons. The molecule has 4 aromatic carbocycles. The van der Waals surface area contributed by atoms with Crippen LogP contribution in [0.4, 0.5) is 0 Å². The number of aromatic hydroxyl groups is 1. The van der Waals surface area contributed by atoms with Gasteiger partial charge in [0.05, 0.1) is 0 Å². The summed E-state index contributed by atoms with van der Waals surface area (Å²) in [5.74, 6) is 0.997. The molecule has 0 spiro atoms. The Labute approximate surface area is 249 Å². The Morgan fingerprint density at radius 3 is 1.60 bits per heavy atom. The van der Waals surface area contributed by atoms with E-state index in [4.69, 9.17) is 9.16 Å². The van der Waals surface area contributed by atoms with Crippen molar-refractivity contribution in [3.63, 3.8) is 0 Å². The number of phenols is 1. The van der Waals surface area contributed by atoms with Gasteiger partial charge in [-0.15, -0.1) is 0 Å². The van der Waals surface area contributed by atoms with Gasteiger partial charge in [-0.2, -0.15) is 0 Å². The number of rotatable bonds is 11. The molecule has 6 heteroatoms. The molecular formula is C34H42BrO3PSi. The molecule has 0 radical (unpaired) electrons. The van der Waals surface area contributed by atoms with Crippen molar-refractivity contribution < 1.29 is 14.3 Å². The molecule has 0 aliphatic carbocycles. The van der Waals surface area contributed by atoms with Crippen LogP contribution in [0.15, 0.2) is 91.0 Å². The van der Waals surface area contributed by atoms with Gasteiger partial charge in [0, 0.05) is 0 Å². The average molecular weight is 638 g/mol. The van der Waals surface area contributed by atoms with Crippen LogP contribution >= 0.6 is 20.8 Å². The van der Waals surface area contributed by atoms with Gasteiger partial charge >= 0.3 is 250 Å². The first-order chi connectivity index (χ1) is 19.0. The Bertz CT molecular complexity index is 1320. The van der Waals surface area contributed by atoms with Gasteiger partial charge in [0.15, 0.2) is 0 Å². The van der Waals surface area contributed by atoms with Crippen molar-refractivity contribution in [2.45, 2.75) is 53.3 Å². The summed E-state index contributed by atoms with van der Waals surface area (Å²) in [4.78, 5) is 0. The van der Waals surface area contributed by atoms with Crippen molar-refractivity contribution in [2.24, 2.45) is 0 Å². The molecule has 0 amide bonds. The summed E-state index contributed by atoms with van der Waals surface area (Å²) in [6, 6.07) is 33.0. The summed E-state index contributed by atoms with van der Waals surface area (Å²) in [7, 11) is -1.71. The molecule has 0 atom stereocenters. The first kappa shape index (κ1) is 30.5. The molecule has 0 aromatic heterocycles. The second kappa shape index (κ2) is 12.2. The van der Waals surface area contributed by atoms with E-state index >= 15 is 0 Å². The predicted octanol–water partition coefficient (Wildman–Crippen LogP) is 7.79. The zero-order valence-corrected chi connectivity index (χ0v) is 28.1. The number of halogens is 1. The molecule has 0 bridgehead atoms. The van der Waals surface area contributed by atoms with Crippen molar-refractivity contribution >= 4 is 50.3 Å². The number of hydrogen-bond donors (Lipinski definition) is 1. The second-order valence-corrected chi connectivity index (χ2v) is 23.9. The van der Waals surface area contributed by atoms with E-state index in [0.717, 1.165) is 46.0 Å². The summed E-state index contributed by atoms with van der Waals surface area (Å²) in [5.41, 5.74) is 3.59. The van der Waals surface area contributed by atoms with Gasteiger partial charge in [0.25, 0.3) is 0 Å². The topological polar surface area (TPSA) is 38.7 Å². The van der Waals surface area contributed by atoms with Gasteiger partial charge in [-0.1, -0.05) is 0 Å². The minimum absolute atomic E-state index is 0.215. The number of phenolic OH excluding ortho intramolecular Hbond substituents is 1. The summed E-state index contributed by atoms with van der Waals surface area (Å²) >= 11 is 4.57. The Morgan fingerprint density at radius 2 is 1.18 bits per heavy atom. The van der Waals surface area contributed by atoms with E-state index < -0.39 is 13.6 Å². The van der Waals surface area contributed by atoms with Crippen molar-refractivity contribution in [3.05, 3.63) is 108 Å². The number of hydrogen-bond acceptors (Lipinski definition) is 3. The van der Waals surface area contributed by atoms with E-state index in [2.05, 4.69) is 129 Å². The van der Waals surface area contributed by atoms with Crippen molar-refractivity contribution in [1.82, 2.24) is 0 Å². The normalized spacial score (nSPS) is 13.0. The third-order valence-corrected chi connectivity index (χ3v) is 20.2. The number of ether oxygens (including phenoxy) is 1. The maximum atomic E-state index is 11.0. The fraction of sp³-hybridized carbons (Fsp3) is 0.294. The molecule has 0 heterocycles. The monoisotopic (exact) mass is 636 g/mol. The number of benzene rings is 4. The van der Waals surface area contributed by atoms with Crippen LogP contribution in [0.2, 0.25) is 19.1 Å². The maximum absolute atomic E-state index is 11.0.